The highest BCUT2D eigenvalue weighted by Crippen LogP contribution is 2.17. The van der Waals surface area contributed by atoms with Gasteiger partial charge in [0.15, 0.2) is 0 Å². The van der Waals surface area contributed by atoms with Crippen molar-refractivity contribution in [2.75, 3.05) is 13.7 Å². The lowest BCUT2D eigenvalue weighted by Gasteiger charge is -2.02. The van der Waals surface area contributed by atoms with Crippen LogP contribution in [0, 0.1) is 11.8 Å². The molecule has 2 heterocycles. The second-order valence-electron chi connectivity index (χ2n) is 3.09. The van der Waals surface area contributed by atoms with Crippen LogP contribution in [0.5, 0.6) is 5.88 Å². The van der Waals surface area contributed by atoms with Crippen LogP contribution in [-0.2, 0) is 0 Å². The summed E-state index contributed by atoms with van der Waals surface area (Å²) in [6, 6.07) is 5.45. The van der Waals surface area contributed by atoms with Gasteiger partial charge in [-0.05, 0) is 12.1 Å². The molecule has 0 saturated heterocycles. The summed E-state index contributed by atoms with van der Waals surface area (Å²) in [5.41, 5.74) is 7.69. The third kappa shape index (κ3) is 1.95. The summed E-state index contributed by atoms with van der Waals surface area (Å²) in [5.74, 6) is 6.32. The van der Waals surface area contributed by atoms with Crippen molar-refractivity contribution in [1.29, 1.82) is 0 Å². The Morgan fingerprint density at radius 2 is 2.25 bits per heavy atom. The summed E-state index contributed by atoms with van der Waals surface area (Å²) < 4.78 is 5.07. The normalized spacial score (nSPS) is 9.62. The van der Waals surface area contributed by atoms with Gasteiger partial charge in [0, 0.05) is 12.3 Å². The first-order chi connectivity index (χ1) is 7.85. The van der Waals surface area contributed by atoms with Crippen molar-refractivity contribution in [3.8, 4) is 17.7 Å². The van der Waals surface area contributed by atoms with E-state index < -0.39 is 0 Å². The van der Waals surface area contributed by atoms with Crippen LogP contribution >= 0.6 is 0 Å². The highest BCUT2D eigenvalue weighted by molar-refractivity contribution is 5.81. The van der Waals surface area contributed by atoms with Gasteiger partial charge in [-0.2, -0.15) is 0 Å². The van der Waals surface area contributed by atoms with Crippen LogP contribution in [0.15, 0.2) is 24.4 Å². The molecule has 2 aromatic heterocycles. The lowest BCUT2D eigenvalue weighted by Crippen LogP contribution is -1.94. The Morgan fingerprint density at radius 1 is 1.38 bits per heavy atom. The van der Waals surface area contributed by atoms with E-state index in [4.69, 9.17) is 10.5 Å². The zero-order valence-corrected chi connectivity index (χ0v) is 8.90. The van der Waals surface area contributed by atoms with Gasteiger partial charge in [-0.1, -0.05) is 11.8 Å². The number of ether oxygens (including phenoxy) is 1. The summed E-state index contributed by atoms with van der Waals surface area (Å²) >= 11 is 0. The van der Waals surface area contributed by atoms with E-state index in [1.807, 2.05) is 12.1 Å². The number of nitrogens with two attached hydrogens (primary N) is 1. The van der Waals surface area contributed by atoms with E-state index in [0.29, 0.717) is 12.4 Å². The van der Waals surface area contributed by atoms with Crippen LogP contribution in [0.3, 0.4) is 0 Å². The summed E-state index contributed by atoms with van der Waals surface area (Å²) in [6.07, 6.45) is 1.71. The molecule has 0 aliphatic heterocycles. The first-order valence-corrected chi connectivity index (χ1v) is 4.84. The largest absolute Gasteiger partial charge is 0.481 e. The first-order valence-electron chi connectivity index (χ1n) is 4.84. The Bertz CT molecular complexity index is 569. The molecule has 0 unspecified atom stereocenters. The lowest BCUT2D eigenvalue weighted by atomic mass is 10.2. The minimum atomic E-state index is 0.327. The summed E-state index contributed by atoms with van der Waals surface area (Å²) in [4.78, 5) is 8.53. The summed E-state index contributed by atoms with van der Waals surface area (Å²) in [6.45, 7) is 0.327. The Kier molecular flexibility index (Phi) is 2.99. The second-order valence-corrected chi connectivity index (χ2v) is 3.09. The van der Waals surface area contributed by atoms with E-state index in [-0.39, 0.29) is 0 Å². The Hall–Kier alpha value is -2.12. The predicted molar refractivity (Wildman–Crippen MR) is 62.0 cm³/mol. The quantitative estimate of drug-likeness (QED) is 0.716. The molecule has 2 rings (SSSR count). The first kappa shape index (κ1) is 10.4. The monoisotopic (exact) mass is 213 g/mol. The standard InChI is InChI=1S/C12H11N3O/c1-16-11-5-4-10-12(15-11)9(3-2-7-13)6-8-14-10/h4-6,8H,7,13H2,1H3. The molecule has 0 aliphatic rings. The topological polar surface area (TPSA) is 61.0 Å². The molecule has 0 aromatic carbocycles. The van der Waals surface area contributed by atoms with Gasteiger partial charge >= 0.3 is 0 Å². The van der Waals surface area contributed by atoms with Crippen molar-refractivity contribution in [2.24, 2.45) is 5.73 Å². The lowest BCUT2D eigenvalue weighted by molar-refractivity contribution is 0.399. The van der Waals surface area contributed by atoms with E-state index in [1.54, 1.807) is 19.4 Å². The molecule has 0 radical (unpaired) electrons. The number of pyridine rings is 2. The third-order valence-corrected chi connectivity index (χ3v) is 2.09. The average Bonchev–Trinajstić information content (AvgIpc) is 2.35. The van der Waals surface area contributed by atoms with E-state index in [1.165, 1.54) is 0 Å². The SMILES string of the molecule is COc1ccc2nccc(C#CCN)c2n1. The molecule has 16 heavy (non-hydrogen) atoms. The molecule has 80 valence electrons. The van der Waals surface area contributed by atoms with Crippen molar-refractivity contribution in [3.63, 3.8) is 0 Å². The molecule has 4 heteroatoms. The van der Waals surface area contributed by atoms with Gasteiger partial charge in [0.25, 0.3) is 0 Å². The van der Waals surface area contributed by atoms with Crippen LogP contribution < -0.4 is 10.5 Å². The Balaban J connectivity index is 2.64. The van der Waals surface area contributed by atoms with Gasteiger partial charge in [-0.3, -0.25) is 4.98 Å². The maximum Gasteiger partial charge on any atom is 0.213 e. The molecule has 0 fully saturated rings. The minimum absolute atomic E-state index is 0.327. The zero-order valence-electron chi connectivity index (χ0n) is 8.90. The number of aromatic nitrogens is 2. The van der Waals surface area contributed by atoms with Crippen molar-refractivity contribution >= 4 is 11.0 Å². The number of rotatable bonds is 1. The fourth-order valence-corrected chi connectivity index (χ4v) is 1.37. The van der Waals surface area contributed by atoms with Crippen molar-refractivity contribution in [2.45, 2.75) is 0 Å². The zero-order chi connectivity index (χ0) is 11.4. The number of hydrogen-bond acceptors (Lipinski definition) is 4. The average molecular weight is 213 g/mol. The molecule has 0 bridgehead atoms. The number of nitrogens with zero attached hydrogens (tertiary/aromatic N) is 2. The van der Waals surface area contributed by atoms with Crippen LogP contribution in [0.1, 0.15) is 5.56 Å². The van der Waals surface area contributed by atoms with Gasteiger partial charge in [0.05, 0.1) is 24.7 Å². The van der Waals surface area contributed by atoms with Crippen LogP contribution in [0.25, 0.3) is 11.0 Å². The highest BCUT2D eigenvalue weighted by atomic mass is 16.5. The van der Waals surface area contributed by atoms with Gasteiger partial charge in [0.1, 0.15) is 5.52 Å². The van der Waals surface area contributed by atoms with E-state index in [0.717, 1.165) is 16.6 Å². The molecule has 2 N–H and O–H groups in total. The van der Waals surface area contributed by atoms with Crippen molar-refractivity contribution < 1.29 is 4.74 Å². The molecule has 2 aromatic rings. The second kappa shape index (κ2) is 4.60. The van der Waals surface area contributed by atoms with Crippen molar-refractivity contribution in [3.05, 3.63) is 30.0 Å². The molecule has 0 aliphatic carbocycles. The molecule has 0 amide bonds. The minimum Gasteiger partial charge on any atom is -0.481 e. The van der Waals surface area contributed by atoms with Crippen LogP contribution in [0.2, 0.25) is 0 Å². The van der Waals surface area contributed by atoms with Gasteiger partial charge in [-0.25, -0.2) is 4.98 Å². The predicted octanol–water partition coefficient (Wildman–Crippen LogP) is 0.949. The molecular weight excluding hydrogens is 202 g/mol. The smallest absolute Gasteiger partial charge is 0.213 e. The molecule has 0 saturated carbocycles. The van der Waals surface area contributed by atoms with Gasteiger partial charge in [-0.15, -0.1) is 0 Å². The Morgan fingerprint density at radius 3 is 3.00 bits per heavy atom. The Labute approximate surface area is 93.5 Å². The van der Waals surface area contributed by atoms with E-state index >= 15 is 0 Å². The fourth-order valence-electron chi connectivity index (χ4n) is 1.37. The third-order valence-electron chi connectivity index (χ3n) is 2.09. The number of hydrogen-bond donors (Lipinski definition) is 1. The van der Waals surface area contributed by atoms with E-state index in [9.17, 15) is 0 Å². The van der Waals surface area contributed by atoms with Gasteiger partial charge < -0.3 is 10.5 Å². The molecular formula is C12H11N3O. The molecule has 4 nitrogen and oxygen atoms in total. The maximum absolute atomic E-state index is 5.34. The van der Waals surface area contributed by atoms with E-state index in [2.05, 4.69) is 21.8 Å². The van der Waals surface area contributed by atoms with Gasteiger partial charge in [0.2, 0.25) is 5.88 Å². The maximum atomic E-state index is 5.34. The van der Waals surface area contributed by atoms with Crippen molar-refractivity contribution in [1.82, 2.24) is 9.97 Å². The molecule has 0 spiro atoms. The fraction of sp³-hybridized carbons (Fsp3) is 0.167. The number of methoxy groups -OCH3 is 1. The number of fused-ring (bicyclic) bond motifs is 1. The van der Waals surface area contributed by atoms with Crippen LogP contribution in [-0.4, -0.2) is 23.6 Å². The summed E-state index contributed by atoms with van der Waals surface area (Å²) in [7, 11) is 1.58. The van der Waals surface area contributed by atoms with Crippen LogP contribution in [0.4, 0.5) is 0 Å². The molecule has 0 atom stereocenters. The summed E-state index contributed by atoms with van der Waals surface area (Å²) in [5, 5.41) is 0. The highest BCUT2D eigenvalue weighted by Gasteiger charge is 2.02.